The second-order valence-corrected chi connectivity index (χ2v) is 9.60. The first-order valence-electron chi connectivity index (χ1n) is 10.5. The summed E-state index contributed by atoms with van der Waals surface area (Å²) in [6, 6.07) is 13.2. The van der Waals surface area contributed by atoms with E-state index in [4.69, 9.17) is 21.1 Å². The normalized spacial score (nSPS) is 10.8. The van der Waals surface area contributed by atoms with Crippen molar-refractivity contribution in [1.29, 1.82) is 0 Å². The number of anilines is 1. The van der Waals surface area contributed by atoms with E-state index in [0.717, 1.165) is 11.6 Å². The zero-order valence-corrected chi connectivity index (χ0v) is 21.5. The van der Waals surface area contributed by atoms with Gasteiger partial charge in [-0.1, -0.05) is 53.7 Å². The van der Waals surface area contributed by atoms with Gasteiger partial charge >= 0.3 is 5.97 Å². The second-order valence-electron chi connectivity index (χ2n) is 7.37. The van der Waals surface area contributed by atoms with E-state index in [-0.39, 0.29) is 23.3 Å². The smallest absolute Gasteiger partial charge is 0.341 e. The molecule has 0 bridgehead atoms. The van der Waals surface area contributed by atoms with Crippen molar-refractivity contribution in [3.8, 4) is 16.9 Å². The molecule has 12 heteroatoms. The molecule has 0 saturated carbocycles. The summed E-state index contributed by atoms with van der Waals surface area (Å²) in [5.41, 5.74) is 1.85. The Bertz CT molecular complexity index is 1390. The van der Waals surface area contributed by atoms with Gasteiger partial charge in [-0.25, -0.2) is 9.18 Å². The summed E-state index contributed by atoms with van der Waals surface area (Å²) < 4.78 is 25.4. The van der Waals surface area contributed by atoms with Crippen LogP contribution in [0.25, 0.3) is 11.1 Å². The maximum Gasteiger partial charge on any atom is 0.341 e. The number of ether oxygens (including phenoxy) is 2. The van der Waals surface area contributed by atoms with Crippen LogP contribution in [0.4, 0.5) is 9.39 Å². The lowest BCUT2D eigenvalue weighted by Crippen LogP contribution is -2.16. The van der Waals surface area contributed by atoms with Gasteiger partial charge in [0.25, 0.3) is 0 Å². The minimum atomic E-state index is -0.530. The fourth-order valence-corrected chi connectivity index (χ4v) is 5.13. The van der Waals surface area contributed by atoms with Crippen molar-refractivity contribution >= 4 is 51.6 Å². The number of halogens is 2. The van der Waals surface area contributed by atoms with E-state index in [0.29, 0.717) is 32.9 Å². The SMILES string of the molecule is COC(=O)c1c(-c2ccccc2)csc1NC(=O)CSc1nnc(COc2ccc(F)cc2Cl)n1C. The largest absolute Gasteiger partial charge is 0.484 e. The number of methoxy groups -OCH3 is 1. The van der Waals surface area contributed by atoms with Crippen LogP contribution in [0.3, 0.4) is 0 Å². The van der Waals surface area contributed by atoms with Crippen molar-refractivity contribution < 1.29 is 23.5 Å². The summed E-state index contributed by atoms with van der Waals surface area (Å²) in [6.07, 6.45) is 0. The molecule has 1 N–H and O–H groups in total. The van der Waals surface area contributed by atoms with Crippen LogP contribution in [0.1, 0.15) is 16.2 Å². The van der Waals surface area contributed by atoms with E-state index in [1.165, 1.54) is 42.3 Å². The van der Waals surface area contributed by atoms with E-state index < -0.39 is 11.8 Å². The van der Waals surface area contributed by atoms with E-state index >= 15 is 0 Å². The lowest BCUT2D eigenvalue weighted by molar-refractivity contribution is -0.113. The van der Waals surface area contributed by atoms with Crippen LogP contribution in [0.5, 0.6) is 5.75 Å². The molecule has 4 rings (SSSR count). The van der Waals surface area contributed by atoms with Crippen molar-refractivity contribution in [1.82, 2.24) is 14.8 Å². The highest BCUT2D eigenvalue weighted by Gasteiger charge is 2.22. The average molecular weight is 547 g/mol. The number of carbonyl (C=O) groups excluding carboxylic acids is 2. The number of thiophene rings is 1. The van der Waals surface area contributed by atoms with Crippen molar-refractivity contribution in [2.45, 2.75) is 11.8 Å². The number of nitrogens with zero attached hydrogens (tertiary/aromatic N) is 3. The summed E-state index contributed by atoms with van der Waals surface area (Å²) in [5.74, 6) is -0.447. The highest BCUT2D eigenvalue weighted by molar-refractivity contribution is 7.99. The second kappa shape index (κ2) is 11.5. The third-order valence-corrected chi connectivity index (χ3v) is 7.24. The Morgan fingerprint density at radius 3 is 2.69 bits per heavy atom. The molecule has 36 heavy (non-hydrogen) atoms. The van der Waals surface area contributed by atoms with Crippen LogP contribution < -0.4 is 10.1 Å². The Hall–Kier alpha value is -3.41. The van der Waals surface area contributed by atoms with Gasteiger partial charge in [-0.05, 0) is 23.8 Å². The molecule has 4 aromatic rings. The maximum absolute atomic E-state index is 13.2. The molecule has 0 unspecified atom stereocenters. The van der Waals surface area contributed by atoms with E-state index in [1.54, 1.807) is 11.6 Å². The molecule has 0 aliphatic carbocycles. The van der Waals surface area contributed by atoms with E-state index in [1.807, 2.05) is 35.7 Å². The number of aromatic nitrogens is 3. The lowest BCUT2D eigenvalue weighted by atomic mass is 10.0. The third-order valence-electron chi connectivity index (χ3n) is 5.03. The van der Waals surface area contributed by atoms with Gasteiger partial charge in [-0.15, -0.1) is 21.5 Å². The monoisotopic (exact) mass is 546 g/mol. The van der Waals surface area contributed by atoms with Gasteiger partial charge in [0.05, 0.1) is 17.9 Å². The maximum atomic E-state index is 13.2. The molecule has 2 aromatic heterocycles. The Kier molecular flexibility index (Phi) is 8.24. The number of carbonyl (C=O) groups is 2. The molecule has 186 valence electrons. The van der Waals surface area contributed by atoms with Gasteiger partial charge in [0, 0.05) is 18.0 Å². The number of amides is 1. The summed E-state index contributed by atoms with van der Waals surface area (Å²) >= 11 is 8.42. The Balaban J connectivity index is 1.39. The van der Waals surface area contributed by atoms with Crippen LogP contribution >= 0.6 is 34.7 Å². The Morgan fingerprint density at radius 2 is 1.97 bits per heavy atom. The zero-order valence-electron chi connectivity index (χ0n) is 19.2. The summed E-state index contributed by atoms with van der Waals surface area (Å²) in [7, 11) is 3.04. The van der Waals surface area contributed by atoms with Crippen LogP contribution in [-0.2, 0) is 23.2 Å². The van der Waals surface area contributed by atoms with E-state index in [2.05, 4.69) is 15.5 Å². The minimum Gasteiger partial charge on any atom is -0.484 e. The van der Waals surface area contributed by atoms with Gasteiger partial charge in [0.2, 0.25) is 5.91 Å². The third kappa shape index (κ3) is 5.86. The first-order valence-corrected chi connectivity index (χ1v) is 12.8. The number of nitrogens with one attached hydrogen (secondary N) is 1. The molecule has 0 saturated heterocycles. The van der Waals surface area contributed by atoms with Crippen LogP contribution in [-0.4, -0.2) is 39.5 Å². The summed E-state index contributed by atoms with van der Waals surface area (Å²) in [6.45, 7) is 0.0571. The summed E-state index contributed by atoms with van der Waals surface area (Å²) in [5, 5.41) is 13.9. The predicted molar refractivity (Wildman–Crippen MR) is 137 cm³/mol. The number of hydrogen-bond acceptors (Lipinski definition) is 8. The molecule has 2 heterocycles. The molecule has 2 aromatic carbocycles. The molecule has 0 fully saturated rings. The fourth-order valence-electron chi connectivity index (χ4n) is 3.21. The van der Waals surface area contributed by atoms with Crippen molar-refractivity contribution in [3.63, 3.8) is 0 Å². The number of rotatable bonds is 9. The molecule has 0 aliphatic heterocycles. The van der Waals surface area contributed by atoms with Crippen LogP contribution in [0.2, 0.25) is 5.02 Å². The van der Waals surface area contributed by atoms with Crippen molar-refractivity contribution in [2.75, 3.05) is 18.2 Å². The van der Waals surface area contributed by atoms with Gasteiger partial charge in [0.15, 0.2) is 11.0 Å². The highest BCUT2D eigenvalue weighted by atomic mass is 35.5. The number of benzene rings is 2. The zero-order chi connectivity index (χ0) is 25.7. The Morgan fingerprint density at radius 1 is 1.19 bits per heavy atom. The molecular weight excluding hydrogens is 527 g/mol. The van der Waals surface area contributed by atoms with Gasteiger partial charge in [-0.2, -0.15) is 0 Å². The standard InChI is InChI=1S/C24H20ClFN4O4S2/c1-30-19(11-34-18-9-8-15(26)10-17(18)25)28-29-24(30)36-13-20(31)27-22-21(23(32)33-2)16(12-35-22)14-6-4-3-5-7-14/h3-10,12H,11,13H2,1-2H3,(H,27,31). The molecule has 0 radical (unpaired) electrons. The van der Waals surface area contributed by atoms with Gasteiger partial charge in [-0.3, -0.25) is 4.79 Å². The first-order chi connectivity index (χ1) is 17.4. The molecule has 0 spiro atoms. The quantitative estimate of drug-likeness (QED) is 0.221. The molecular formula is C24H20ClFN4O4S2. The first kappa shape index (κ1) is 25.7. The molecule has 8 nitrogen and oxygen atoms in total. The van der Waals surface area contributed by atoms with Crippen LogP contribution in [0.15, 0.2) is 59.1 Å². The van der Waals surface area contributed by atoms with Crippen molar-refractivity contribution in [2.24, 2.45) is 7.05 Å². The van der Waals surface area contributed by atoms with Crippen LogP contribution in [0, 0.1) is 5.82 Å². The van der Waals surface area contributed by atoms with E-state index in [9.17, 15) is 14.0 Å². The van der Waals surface area contributed by atoms with Gasteiger partial charge in [0.1, 0.15) is 28.7 Å². The molecule has 0 aliphatic rings. The fraction of sp³-hybridized carbons (Fsp3) is 0.167. The summed E-state index contributed by atoms with van der Waals surface area (Å²) in [4.78, 5) is 25.2. The predicted octanol–water partition coefficient (Wildman–Crippen LogP) is 5.43. The lowest BCUT2D eigenvalue weighted by Gasteiger charge is -2.09. The molecule has 1 amide bonds. The topological polar surface area (TPSA) is 95.3 Å². The number of esters is 1. The average Bonchev–Trinajstić information content (AvgIpc) is 3.45. The highest BCUT2D eigenvalue weighted by Crippen LogP contribution is 2.36. The Labute approximate surface area is 219 Å². The molecule has 0 atom stereocenters. The van der Waals surface area contributed by atoms with Gasteiger partial charge < -0.3 is 19.4 Å². The van der Waals surface area contributed by atoms with Crippen molar-refractivity contribution in [3.05, 3.63) is 76.1 Å². The number of thioether (sulfide) groups is 1. The minimum absolute atomic E-state index is 0.0375. The number of hydrogen-bond donors (Lipinski definition) is 1.